The third-order valence-electron chi connectivity index (χ3n) is 3.93. The number of hydrogen-bond acceptors (Lipinski definition) is 4. The maximum atomic E-state index is 12.4. The summed E-state index contributed by atoms with van der Waals surface area (Å²) >= 11 is 0. The first-order chi connectivity index (χ1) is 12.2. The molecule has 0 aromatic heterocycles. The monoisotopic (exact) mass is 343 g/mol. The molecule has 25 heavy (non-hydrogen) atoms. The number of amides is 2. The zero-order valence-corrected chi connectivity index (χ0v) is 14.4. The Bertz CT molecular complexity index is 597. The van der Waals surface area contributed by atoms with Crippen molar-refractivity contribution in [2.75, 3.05) is 51.3 Å². The van der Waals surface area contributed by atoms with Crippen LogP contribution in [0.25, 0.3) is 0 Å². The number of nitrogens with one attached hydrogen (secondary N) is 1. The number of hydrogen-bond donors (Lipinski definition) is 1. The van der Waals surface area contributed by atoms with Crippen molar-refractivity contribution in [3.63, 3.8) is 0 Å². The molecule has 1 N–H and O–H groups in total. The van der Waals surface area contributed by atoms with Crippen LogP contribution in [0.3, 0.4) is 0 Å². The van der Waals surface area contributed by atoms with Gasteiger partial charge in [-0.05, 0) is 24.3 Å². The number of benzene rings is 1. The fourth-order valence-corrected chi connectivity index (χ4v) is 2.56. The van der Waals surface area contributed by atoms with E-state index in [9.17, 15) is 9.59 Å². The zero-order chi connectivity index (χ0) is 18.1. The molecule has 2 rings (SSSR count). The fraction of sp³-hybridized carbons (Fsp3) is 0.368. The lowest BCUT2D eigenvalue weighted by atomic mass is 10.1. The molecule has 0 radical (unpaired) electrons. The number of anilines is 1. The van der Waals surface area contributed by atoms with E-state index in [0.717, 1.165) is 5.69 Å². The van der Waals surface area contributed by atoms with Crippen LogP contribution in [0.1, 0.15) is 10.4 Å². The molecular weight excluding hydrogens is 318 g/mol. The van der Waals surface area contributed by atoms with E-state index in [1.807, 2.05) is 12.1 Å². The molecule has 0 atom stereocenters. The standard InChI is InChI=1S/C19H25N3O3/c1-3-9-21(10-4-2)18(23)15-20-17-7-5-16(6-8-17)19(24)22-11-13-25-14-12-22/h3-8,20H,1-2,9-15H2. The number of ether oxygens (including phenoxy) is 1. The van der Waals surface area contributed by atoms with Crippen molar-refractivity contribution in [2.24, 2.45) is 0 Å². The van der Waals surface area contributed by atoms with Crippen LogP contribution in [0, 0.1) is 0 Å². The second-order valence-corrected chi connectivity index (χ2v) is 5.71. The molecule has 0 aliphatic carbocycles. The third kappa shape index (κ3) is 5.46. The lowest BCUT2D eigenvalue weighted by Gasteiger charge is -2.26. The van der Waals surface area contributed by atoms with E-state index < -0.39 is 0 Å². The number of rotatable bonds is 8. The Morgan fingerprint density at radius 1 is 1.12 bits per heavy atom. The average molecular weight is 343 g/mol. The van der Waals surface area contributed by atoms with E-state index in [0.29, 0.717) is 45.0 Å². The van der Waals surface area contributed by atoms with Crippen LogP contribution < -0.4 is 5.32 Å². The number of carbonyl (C=O) groups excluding carboxylic acids is 2. The molecule has 1 aromatic carbocycles. The van der Waals surface area contributed by atoms with Gasteiger partial charge in [-0.3, -0.25) is 9.59 Å². The second kappa shape index (κ2) is 9.64. The van der Waals surface area contributed by atoms with Gasteiger partial charge >= 0.3 is 0 Å². The predicted molar refractivity (Wildman–Crippen MR) is 98.6 cm³/mol. The number of carbonyl (C=O) groups is 2. The van der Waals surface area contributed by atoms with E-state index in [1.54, 1.807) is 34.1 Å². The Balaban J connectivity index is 1.89. The summed E-state index contributed by atoms with van der Waals surface area (Å²) in [7, 11) is 0. The van der Waals surface area contributed by atoms with Gasteiger partial charge in [0, 0.05) is 37.4 Å². The lowest BCUT2D eigenvalue weighted by Crippen LogP contribution is -2.40. The van der Waals surface area contributed by atoms with Crippen LogP contribution in [0.15, 0.2) is 49.6 Å². The molecule has 1 aliphatic rings. The highest BCUT2D eigenvalue weighted by molar-refractivity contribution is 5.94. The zero-order valence-electron chi connectivity index (χ0n) is 14.4. The molecule has 1 aromatic rings. The first-order valence-corrected chi connectivity index (χ1v) is 8.36. The van der Waals surface area contributed by atoms with Crippen LogP contribution in [0.2, 0.25) is 0 Å². The minimum absolute atomic E-state index is 0.00840. The maximum Gasteiger partial charge on any atom is 0.254 e. The van der Waals surface area contributed by atoms with Crippen molar-refractivity contribution in [3.8, 4) is 0 Å². The maximum absolute atomic E-state index is 12.4. The molecule has 0 unspecified atom stereocenters. The SMILES string of the molecule is C=CCN(CC=C)C(=O)CNc1ccc(C(=O)N2CCOCC2)cc1. The van der Waals surface area contributed by atoms with Gasteiger partial charge in [0.2, 0.25) is 5.91 Å². The largest absolute Gasteiger partial charge is 0.378 e. The minimum atomic E-state index is -0.0340. The second-order valence-electron chi connectivity index (χ2n) is 5.71. The van der Waals surface area contributed by atoms with Gasteiger partial charge in [0.1, 0.15) is 0 Å². The molecular formula is C19H25N3O3. The highest BCUT2D eigenvalue weighted by Gasteiger charge is 2.18. The average Bonchev–Trinajstić information content (AvgIpc) is 2.66. The molecule has 0 spiro atoms. The van der Waals surface area contributed by atoms with Crippen LogP contribution in [0.5, 0.6) is 0 Å². The Hall–Kier alpha value is -2.60. The van der Waals surface area contributed by atoms with Gasteiger partial charge in [0.05, 0.1) is 19.8 Å². The fourth-order valence-electron chi connectivity index (χ4n) is 2.56. The third-order valence-corrected chi connectivity index (χ3v) is 3.93. The minimum Gasteiger partial charge on any atom is -0.378 e. The summed E-state index contributed by atoms with van der Waals surface area (Å²) in [6.45, 7) is 10.9. The number of morpholine rings is 1. The summed E-state index contributed by atoms with van der Waals surface area (Å²) in [5, 5.41) is 3.08. The van der Waals surface area contributed by atoms with Gasteiger partial charge in [-0.1, -0.05) is 12.2 Å². The topological polar surface area (TPSA) is 61.9 Å². The molecule has 0 saturated carbocycles. The normalized spacial score (nSPS) is 13.8. The summed E-state index contributed by atoms with van der Waals surface area (Å²) in [5.74, 6) is -0.0256. The molecule has 134 valence electrons. The summed E-state index contributed by atoms with van der Waals surface area (Å²) in [6, 6.07) is 7.17. The van der Waals surface area contributed by atoms with Gasteiger partial charge in [-0.15, -0.1) is 13.2 Å². The summed E-state index contributed by atoms with van der Waals surface area (Å²) < 4.78 is 5.26. The lowest BCUT2D eigenvalue weighted by molar-refractivity contribution is -0.128. The summed E-state index contributed by atoms with van der Waals surface area (Å²) in [4.78, 5) is 28.0. The van der Waals surface area contributed by atoms with E-state index >= 15 is 0 Å². The van der Waals surface area contributed by atoms with Crippen molar-refractivity contribution >= 4 is 17.5 Å². The molecule has 1 heterocycles. The molecule has 1 fully saturated rings. The molecule has 1 saturated heterocycles. The number of nitrogens with zero attached hydrogens (tertiary/aromatic N) is 2. The van der Waals surface area contributed by atoms with E-state index in [1.165, 1.54) is 0 Å². The first kappa shape index (κ1) is 18.7. The Kier molecular flexibility index (Phi) is 7.22. The highest BCUT2D eigenvalue weighted by Crippen LogP contribution is 2.12. The van der Waals surface area contributed by atoms with Gasteiger partial charge in [-0.2, -0.15) is 0 Å². The molecule has 0 bridgehead atoms. The summed E-state index contributed by atoms with van der Waals surface area (Å²) in [5.41, 5.74) is 1.43. The predicted octanol–water partition coefficient (Wildman–Crippen LogP) is 1.77. The summed E-state index contributed by atoms with van der Waals surface area (Å²) in [6.07, 6.45) is 3.38. The van der Waals surface area contributed by atoms with Gasteiger partial charge in [0.15, 0.2) is 0 Å². The Morgan fingerprint density at radius 3 is 2.28 bits per heavy atom. The van der Waals surface area contributed by atoms with Crippen LogP contribution in [-0.4, -0.2) is 67.6 Å². The van der Waals surface area contributed by atoms with Crippen molar-refractivity contribution in [3.05, 3.63) is 55.1 Å². The van der Waals surface area contributed by atoms with Crippen LogP contribution >= 0.6 is 0 Å². The molecule has 1 aliphatic heterocycles. The van der Waals surface area contributed by atoms with Crippen molar-refractivity contribution in [2.45, 2.75) is 0 Å². The molecule has 2 amide bonds. The van der Waals surface area contributed by atoms with Crippen molar-refractivity contribution in [1.82, 2.24) is 9.80 Å². The molecule has 6 nitrogen and oxygen atoms in total. The van der Waals surface area contributed by atoms with Crippen LogP contribution in [-0.2, 0) is 9.53 Å². The van der Waals surface area contributed by atoms with Crippen molar-refractivity contribution in [1.29, 1.82) is 0 Å². The van der Waals surface area contributed by atoms with Gasteiger partial charge in [0.25, 0.3) is 5.91 Å². The Morgan fingerprint density at radius 2 is 1.72 bits per heavy atom. The van der Waals surface area contributed by atoms with Crippen LogP contribution in [0.4, 0.5) is 5.69 Å². The van der Waals surface area contributed by atoms with E-state index in [4.69, 9.17) is 4.74 Å². The van der Waals surface area contributed by atoms with Crippen molar-refractivity contribution < 1.29 is 14.3 Å². The Labute approximate surface area is 148 Å². The van der Waals surface area contributed by atoms with E-state index in [2.05, 4.69) is 18.5 Å². The van der Waals surface area contributed by atoms with E-state index in [-0.39, 0.29) is 18.4 Å². The highest BCUT2D eigenvalue weighted by atomic mass is 16.5. The smallest absolute Gasteiger partial charge is 0.254 e. The molecule has 6 heteroatoms. The first-order valence-electron chi connectivity index (χ1n) is 8.36. The van der Waals surface area contributed by atoms with Gasteiger partial charge in [-0.25, -0.2) is 0 Å². The quantitative estimate of drug-likeness (QED) is 0.731. The van der Waals surface area contributed by atoms with Gasteiger partial charge < -0.3 is 19.9 Å².